The number of nitrogens with zero attached hydrogens (tertiary/aromatic N) is 2. The van der Waals surface area contributed by atoms with E-state index in [0.29, 0.717) is 19.6 Å². The van der Waals surface area contributed by atoms with Crippen LogP contribution in [0.3, 0.4) is 0 Å². The molecule has 0 aliphatic carbocycles. The number of hydrogen-bond acceptors (Lipinski definition) is 4. The van der Waals surface area contributed by atoms with Crippen LogP contribution in [0.2, 0.25) is 0 Å². The second kappa shape index (κ2) is 8.31. The third-order valence-electron chi connectivity index (χ3n) is 4.49. The Balaban J connectivity index is 1.51. The molecule has 1 aromatic rings. The Hall–Kier alpha value is -2.12. The lowest BCUT2D eigenvalue weighted by molar-refractivity contribution is -0.123. The zero-order valence-electron chi connectivity index (χ0n) is 14.7. The molecule has 2 heterocycles. The van der Waals surface area contributed by atoms with Gasteiger partial charge in [0.2, 0.25) is 5.91 Å². The first-order valence-electron chi connectivity index (χ1n) is 8.81. The minimum Gasteiger partial charge on any atom is -0.376 e. The second-order valence-corrected chi connectivity index (χ2v) is 6.67. The summed E-state index contributed by atoms with van der Waals surface area (Å²) in [4.78, 5) is 27.5. The van der Waals surface area contributed by atoms with Crippen LogP contribution in [-0.4, -0.2) is 67.2 Å². The van der Waals surface area contributed by atoms with E-state index in [9.17, 15) is 9.59 Å². The van der Waals surface area contributed by atoms with Crippen molar-refractivity contribution in [2.45, 2.75) is 26.1 Å². The number of piperazine rings is 1. The molecule has 2 saturated heterocycles. The summed E-state index contributed by atoms with van der Waals surface area (Å²) in [6.07, 6.45) is 0.276. The SMILES string of the molecule is C[C@H]1CN(Cc2cccc(CNC(=O)N3CCNC(=O)C3)c2)CCO1. The lowest BCUT2D eigenvalue weighted by Gasteiger charge is -2.31. The molecular weight excluding hydrogens is 320 g/mol. The summed E-state index contributed by atoms with van der Waals surface area (Å²) in [5, 5.41) is 5.62. The van der Waals surface area contributed by atoms with Crippen molar-refractivity contribution in [3.8, 4) is 0 Å². The van der Waals surface area contributed by atoms with Gasteiger partial charge in [-0.3, -0.25) is 9.69 Å². The van der Waals surface area contributed by atoms with Gasteiger partial charge in [0.05, 0.1) is 12.7 Å². The second-order valence-electron chi connectivity index (χ2n) is 6.67. The van der Waals surface area contributed by atoms with Crippen LogP contribution < -0.4 is 10.6 Å². The van der Waals surface area contributed by atoms with Gasteiger partial charge in [-0.05, 0) is 18.1 Å². The fourth-order valence-corrected chi connectivity index (χ4v) is 3.23. The Kier molecular flexibility index (Phi) is 5.88. The molecule has 2 fully saturated rings. The molecule has 3 amide bonds. The fourth-order valence-electron chi connectivity index (χ4n) is 3.23. The van der Waals surface area contributed by atoms with Gasteiger partial charge < -0.3 is 20.3 Å². The van der Waals surface area contributed by atoms with Crippen LogP contribution in [0.4, 0.5) is 4.79 Å². The van der Waals surface area contributed by atoms with E-state index in [1.54, 1.807) is 0 Å². The molecule has 2 N–H and O–H groups in total. The fraction of sp³-hybridized carbons (Fsp3) is 0.556. The highest BCUT2D eigenvalue weighted by Crippen LogP contribution is 2.12. The van der Waals surface area contributed by atoms with E-state index < -0.39 is 0 Å². The van der Waals surface area contributed by atoms with Gasteiger partial charge in [-0.1, -0.05) is 24.3 Å². The number of ether oxygens (including phenoxy) is 1. The molecule has 1 aromatic carbocycles. The third kappa shape index (κ3) is 5.17. The number of urea groups is 1. The van der Waals surface area contributed by atoms with Gasteiger partial charge in [-0.15, -0.1) is 0 Å². The first-order chi connectivity index (χ1) is 12.1. The molecule has 136 valence electrons. The Morgan fingerprint density at radius 1 is 1.36 bits per heavy atom. The van der Waals surface area contributed by atoms with Crippen LogP contribution in [0.15, 0.2) is 24.3 Å². The van der Waals surface area contributed by atoms with Crippen molar-refractivity contribution in [2.24, 2.45) is 0 Å². The molecule has 1 atom stereocenters. The van der Waals surface area contributed by atoms with Crippen molar-refractivity contribution in [3.05, 3.63) is 35.4 Å². The molecule has 0 unspecified atom stereocenters. The number of carbonyl (C=O) groups excluding carboxylic acids is 2. The van der Waals surface area contributed by atoms with E-state index in [1.807, 2.05) is 12.1 Å². The van der Waals surface area contributed by atoms with E-state index >= 15 is 0 Å². The monoisotopic (exact) mass is 346 g/mol. The number of nitrogens with one attached hydrogen (secondary N) is 2. The molecule has 2 aliphatic rings. The molecule has 0 saturated carbocycles. The summed E-state index contributed by atoms with van der Waals surface area (Å²) >= 11 is 0. The highest BCUT2D eigenvalue weighted by atomic mass is 16.5. The maximum Gasteiger partial charge on any atom is 0.318 e. The summed E-state index contributed by atoms with van der Waals surface area (Å²) in [6, 6.07) is 8.08. The standard InChI is InChI=1S/C18H26N4O3/c1-14-11-21(7-8-25-14)12-16-4-2-3-15(9-16)10-20-18(24)22-6-5-19-17(23)13-22/h2-4,9,14H,5-8,10-13H2,1H3,(H,19,23)(H,20,24)/t14-/m0/s1. The van der Waals surface area contributed by atoms with Crippen molar-refractivity contribution >= 4 is 11.9 Å². The van der Waals surface area contributed by atoms with Gasteiger partial charge in [-0.2, -0.15) is 0 Å². The molecule has 0 aromatic heterocycles. The van der Waals surface area contributed by atoms with Gasteiger partial charge in [0.1, 0.15) is 6.54 Å². The number of amides is 3. The molecule has 0 spiro atoms. The van der Waals surface area contributed by atoms with Gasteiger partial charge in [0, 0.05) is 39.3 Å². The van der Waals surface area contributed by atoms with Crippen LogP contribution in [0, 0.1) is 0 Å². The minimum atomic E-state index is -0.192. The Morgan fingerprint density at radius 3 is 3.00 bits per heavy atom. The van der Waals surface area contributed by atoms with Crippen molar-refractivity contribution in [2.75, 3.05) is 39.3 Å². The Labute approximate surface area is 148 Å². The summed E-state index contributed by atoms with van der Waals surface area (Å²) < 4.78 is 5.58. The van der Waals surface area contributed by atoms with E-state index in [1.165, 1.54) is 10.5 Å². The molecular formula is C18H26N4O3. The van der Waals surface area contributed by atoms with Crippen molar-refractivity contribution < 1.29 is 14.3 Å². The van der Waals surface area contributed by atoms with Crippen molar-refractivity contribution in [1.29, 1.82) is 0 Å². The number of rotatable bonds is 4. The average molecular weight is 346 g/mol. The zero-order chi connectivity index (χ0) is 17.6. The summed E-state index contributed by atoms with van der Waals surface area (Å²) in [5.41, 5.74) is 2.30. The quantitative estimate of drug-likeness (QED) is 0.835. The van der Waals surface area contributed by atoms with E-state index in [0.717, 1.165) is 31.8 Å². The van der Waals surface area contributed by atoms with E-state index in [-0.39, 0.29) is 24.6 Å². The highest BCUT2D eigenvalue weighted by Gasteiger charge is 2.20. The number of morpholine rings is 1. The molecule has 2 aliphatic heterocycles. The first-order valence-corrected chi connectivity index (χ1v) is 8.81. The van der Waals surface area contributed by atoms with Crippen LogP contribution in [0.5, 0.6) is 0 Å². The molecule has 0 bridgehead atoms. The third-order valence-corrected chi connectivity index (χ3v) is 4.49. The van der Waals surface area contributed by atoms with Crippen LogP contribution in [-0.2, 0) is 22.6 Å². The molecule has 7 nitrogen and oxygen atoms in total. The number of benzene rings is 1. The number of hydrogen-bond donors (Lipinski definition) is 2. The molecule has 3 rings (SSSR count). The lowest BCUT2D eigenvalue weighted by Crippen LogP contribution is -2.52. The van der Waals surface area contributed by atoms with Gasteiger partial charge in [-0.25, -0.2) is 4.79 Å². The maximum absolute atomic E-state index is 12.2. The number of carbonyl (C=O) groups is 2. The smallest absolute Gasteiger partial charge is 0.318 e. The summed E-state index contributed by atoms with van der Waals surface area (Å²) in [7, 11) is 0. The maximum atomic E-state index is 12.2. The van der Waals surface area contributed by atoms with Crippen molar-refractivity contribution in [1.82, 2.24) is 20.4 Å². The van der Waals surface area contributed by atoms with Crippen molar-refractivity contribution in [3.63, 3.8) is 0 Å². The predicted molar refractivity (Wildman–Crippen MR) is 94.0 cm³/mol. The zero-order valence-corrected chi connectivity index (χ0v) is 14.7. The minimum absolute atomic E-state index is 0.108. The van der Waals surface area contributed by atoms with Gasteiger partial charge in [0.15, 0.2) is 0 Å². The topological polar surface area (TPSA) is 73.9 Å². The normalized spacial score (nSPS) is 21.7. The lowest BCUT2D eigenvalue weighted by atomic mass is 10.1. The Morgan fingerprint density at radius 2 is 2.20 bits per heavy atom. The van der Waals surface area contributed by atoms with Gasteiger partial charge >= 0.3 is 6.03 Å². The summed E-state index contributed by atoms with van der Waals surface area (Å²) in [6.45, 7) is 7.30. The van der Waals surface area contributed by atoms with Crippen LogP contribution in [0.25, 0.3) is 0 Å². The molecule has 7 heteroatoms. The first kappa shape index (κ1) is 17.7. The van der Waals surface area contributed by atoms with E-state index in [2.05, 4.69) is 34.6 Å². The van der Waals surface area contributed by atoms with E-state index in [4.69, 9.17) is 4.74 Å². The average Bonchev–Trinajstić information content (AvgIpc) is 2.60. The molecule has 25 heavy (non-hydrogen) atoms. The predicted octanol–water partition coefficient (Wildman–Crippen LogP) is 0.549. The Bertz CT molecular complexity index is 622. The van der Waals surface area contributed by atoms with Crippen LogP contribution >= 0.6 is 0 Å². The largest absolute Gasteiger partial charge is 0.376 e. The summed E-state index contributed by atoms with van der Waals surface area (Å²) in [5.74, 6) is -0.108. The van der Waals surface area contributed by atoms with Gasteiger partial charge in [0.25, 0.3) is 0 Å². The van der Waals surface area contributed by atoms with Crippen LogP contribution in [0.1, 0.15) is 18.1 Å². The molecule has 0 radical (unpaired) electrons. The highest BCUT2D eigenvalue weighted by molar-refractivity contribution is 5.85.